The van der Waals surface area contributed by atoms with E-state index in [0.29, 0.717) is 0 Å². The van der Waals surface area contributed by atoms with Crippen molar-refractivity contribution in [2.75, 3.05) is 5.32 Å². The van der Waals surface area contributed by atoms with Gasteiger partial charge in [0.2, 0.25) is 0 Å². The molecule has 6 rings (SSSR count). The molecule has 0 heterocycles. The van der Waals surface area contributed by atoms with Gasteiger partial charge in [-0.25, -0.2) is 9.98 Å². The van der Waals surface area contributed by atoms with Gasteiger partial charge < -0.3 is 5.32 Å². The highest BCUT2D eigenvalue weighted by molar-refractivity contribution is 6.58. The van der Waals surface area contributed by atoms with E-state index in [9.17, 15) is 0 Å². The fraction of sp³-hybridized carbons (Fsp3) is 0.0294. The second-order valence-corrected chi connectivity index (χ2v) is 8.95. The van der Waals surface area contributed by atoms with Crippen LogP contribution in [0.4, 0.5) is 22.7 Å². The van der Waals surface area contributed by atoms with Crippen molar-refractivity contribution in [1.29, 1.82) is 0 Å². The van der Waals surface area contributed by atoms with Gasteiger partial charge in [-0.05, 0) is 48.5 Å². The van der Waals surface area contributed by atoms with Crippen molar-refractivity contribution in [3.8, 4) is 0 Å². The largest absolute Gasteiger partial charge is 0.371 e. The summed E-state index contributed by atoms with van der Waals surface area (Å²) in [5.41, 5.74) is 8.20. The summed E-state index contributed by atoms with van der Waals surface area (Å²) in [7, 11) is 0. The summed E-state index contributed by atoms with van der Waals surface area (Å²) < 4.78 is 0. The lowest BCUT2D eigenvalue weighted by Gasteiger charge is -2.31. The average molecular weight is 491 g/mol. The van der Waals surface area contributed by atoms with E-state index in [2.05, 4.69) is 35.6 Å². The number of rotatable bonds is 5. The first kappa shape index (κ1) is 23.3. The van der Waals surface area contributed by atoms with E-state index in [-0.39, 0.29) is 6.04 Å². The van der Waals surface area contributed by atoms with E-state index in [1.165, 1.54) is 0 Å². The van der Waals surface area contributed by atoms with Crippen LogP contribution in [0.5, 0.6) is 0 Å². The Balaban J connectivity index is 1.64. The third-order valence-electron chi connectivity index (χ3n) is 6.34. The SMILES string of the molecule is c1ccc(N=C2C(=Nc3ccccc3)C(Nc3ccccc3)C(=Nc3ccccc3)c3ccccc32)cc1. The van der Waals surface area contributed by atoms with Gasteiger partial charge in [-0.15, -0.1) is 0 Å². The number of benzene rings is 5. The van der Waals surface area contributed by atoms with Crippen LogP contribution in [0, 0.1) is 0 Å². The second-order valence-electron chi connectivity index (χ2n) is 8.95. The number of anilines is 1. The Morgan fingerprint density at radius 2 is 0.816 bits per heavy atom. The number of hydrogen-bond donors (Lipinski definition) is 1. The number of nitrogens with one attached hydrogen (secondary N) is 1. The summed E-state index contributed by atoms with van der Waals surface area (Å²) in [6.07, 6.45) is 0. The molecule has 4 nitrogen and oxygen atoms in total. The lowest BCUT2D eigenvalue weighted by Crippen LogP contribution is -2.47. The molecule has 0 saturated carbocycles. The normalized spacial score (nSPS) is 17.9. The lowest BCUT2D eigenvalue weighted by atomic mass is 9.82. The van der Waals surface area contributed by atoms with Crippen molar-refractivity contribution in [3.63, 3.8) is 0 Å². The third kappa shape index (κ3) is 5.06. The first-order chi connectivity index (χ1) is 18.8. The van der Waals surface area contributed by atoms with Crippen LogP contribution in [0.3, 0.4) is 0 Å². The van der Waals surface area contributed by atoms with Gasteiger partial charge in [0.05, 0.1) is 34.2 Å². The van der Waals surface area contributed by atoms with Gasteiger partial charge in [0.15, 0.2) is 0 Å². The highest BCUT2D eigenvalue weighted by Gasteiger charge is 2.36. The quantitative estimate of drug-likeness (QED) is 0.265. The van der Waals surface area contributed by atoms with Crippen LogP contribution in [-0.2, 0) is 0 Å². The van der Waals surface area contributed by atoms with E-state index in [1.807, 2.05) is 115 Å². The van der Waals surface area contributed by atoms with Gasteiger partial charge in [-0.1, -0.05) is 97.1 Å². The Labute approximate surface area is 222 Å². The molecule has 5 aromatic carbocycles. The predicted molar refractivity (Wildman–Crippen MR) is 159 cm³/mol. The Kier molecular flexibility index (Phi) is 6.68. The number of aliphatic imine (C=N–C) groups is 3. The standard InChI is InChI=1S/C34H26N4/c1-5-15-25(16-6-1)35-31-29-23-13-14-24-30(29)32(36-26-17-7-2-8-18-26)34(38-28-21-11-4-12-22-28)33(31)37-27-19-9-3-10-20-27/h1-24,33,37H. The van der Waals surface area contributed by atoms with Crippen molar-refractivity contribution in [2.45, 2.75) is 6.04 Å². The molecule has 1 N–H and O–H groups in total. The van der Waals surface area contributed by atoms with Crippen LogP contribution in [0.15, 0.2) is 161 Å². The fourth-order valence-electron chi connectivity index (χ4n) is 4.59. The minimum atomic E-state index is -0.338. The van der Waals surface area contributed by atoms with E-state index in [0.717, 1.165) is 51.0 Å². The topological polar surface area (TPSA) is 49.1 Å². The molecule has 1 aliphatic rings. The predicted octanol–water partition coefficient (Wildman–Crippen LogP) is 8.20. The minimum Gasteiger partial charge on any atom is -0.371 e. The fourth-order valence-corrected chi connectivity index (χ4v) is 4.59. The van der Waals surface area contributed by atoms with Gasteiger partial charge in [-0.3, -0.25) is 4.99 Å². The Bertz CT molecular complexity index is 1610. The Morgan fingerprint density at radius 1 is 0.395 bits per heavy atom. The highest BCUT2D eigenvalue weighted by Crippen LogP contribution is 2.30. The van der Waals surface area contributed by atoms with Crippen LogP contribution in [0.1, 0.15) is 11.1 Å². The van der Waals surface area contributed by atoms with Crippen molar-refractivity contribution in [2.24, 2.45) is 15.0 Å². The third-order valence-corrected chi connectivity index (χ3v) is 6.34. The van der Waals surface area contributed by atoms with Crippen LogP contribution in [0.25, 0.3) is 0 Å². The summed E-state index contributed by atoms with van der Waals surface area (Å²) in [5.74, 6) is 0. The summed E-state index contributed by atoms with van der Waals surface area (Å²) >= 11 is 0. The average Bonchev–Trinajstić information content (AvgIpc) is 2.98. The van der Waals surface area contributed by atoms with Crippen molar-refractivity contribution in [1.82, 2.24) is 0 Å². The van der Waals surface area contributed by atoms with Gasteiger partial charge in [0.25, 0.3) is 0 Å². The number of nitrogens with zero attached hydrogens (tertiary/aromatic N) is 3. The van der Waals surface area contributed by atoms with Crippen molar-refractivity contribution >= 4 is 39.9 Å². The van der Waals surface area contributed by atoms with Crippen LogP contribution in [0.2, 0.25) is 0 Å². The molecule has 0 bridgehead atoms. The summed E-state index contributed by atoms with van der Waals surface area (Å²) in [6, 6.07) is 48.3. The van der Waals surface area contributed by atoms with Crippen molar-refractivity contribution in [3.05, 3.63) is 157 Å². The molecule has 5 aromatic rings. The molecule has 0 fully saturated rings. The number of fused-ring (bicyclic) bond motifs is 1. The zero-order valence-electron chi connectivity index (χ0n) is 20.8. The molecular formula is C34H26N4. The van der Waals surface area contributed by atoms with E-state index in [1.54, 1.807) is 0 Å². The molecule has 1 unspecified atom stereocenters. The monoisotopic (exact) mass is 490 g/mol. The van der Waals surface area contributed by atoms with Crippen LogP contribution in [-0.4, -0.2) is 23.2 Å². The van der Waals surface area contributed by atoms with Gasteiger partial charge in [-0.2, -0.15) is 0 Å². The van der Waals surface area contributed by atoms with Gasteiger partial charge in [0.1, 0.15) is 6.04 Å². The van der Waals surface area contributed by atoms with Crippen LogP contribution < -0.4 is 5.32 Å². The molecule has 0 aromatic heterocycles. The van der Waals surface area contributed by atoms with E-state index in [4.69, 9.17) is 15.0 Å². The zero-order chi connectivity index (χ0) is 25.6. The lowest BCUT2D eigenvalue weighted by molar-refractivity contribution is 1.19. The van der Waals surface area contributed by atoms with Gasteiger partial charge in [0, 0.05) is 16.8 Å². The molecular weight excluding hydrogens is 464 g/mol. The summed E-state index contributed by atoms with van der Waals surface area (Å²) in [5, 5.41) is 3.74. The Morgan fingerprint density at radius 3 is 1.37 bits per heavy atom. The minimum absolute atomic E-state index is 0.338. The molecule has 0 spiro atoms. The summed E-state index contributed by atoms with van der Waals surface area (Å²) in [6.45, 7) is 0. The maximum atomic E-state index is 5.21. The molecule has 0 saturated heterocycles. The molecule has 182 valence electrons. The maximum absolute atomic E-state index is 5.21. The van der Waals surface area contributed by atoms with Crippen LogP contribution >= 0.6 is 0 Å². The maximum Gasteiger partial charge on any atom is 0.114 e. The molecule has 1 atom stereocenters. The summed E-state index contributed by atoms with van der Waals surface area (Å²) in [4.78, 5) is 15.6. The smallest absolute Gasteiger partial charge is 0.114 e. The van der Waals surface area contributed by atoms with Crippen molar-refractivity contribution < 1.29 is 0 Å². The molecule has 4 heteroatoms. The number of hydrogen-bond acceptors (Lipinski definition) is 4. The molecule has 0 radical (unpaired) electrons. The van der Waals surface area contributed by atoms with E-state index < -0.39 is 0 Å². The Hall–Kier alpha value is -5.09. The molecule has 38 heavy (non-hydrogen) atoms. The molecule has 0 aliphatic heterocycles. The molecule has 0 amide bonds. The zero-order valence-corrected chi connectivity index (χ0v) is 20.8. The molecule has 1 aliphatic carbocycles. The highest BCUT2D eigenvalue weighted by atomic mass is 15.0. The second kappa shape index (κ2) is 10.9. The van der Waals surface area contributed by atoms with Gasteiger partial charge >= 0.3 is 0 Å². The van der Waals surface area contributed by atoms with E-state index >= 15 is 0 Å². The first-order valence-electron chi connectivity index (χ1n) is 12.7. The number of para-hydroxylation sites is 4. The first-order valence-corrected chi connectivity index (χ1v) is 12.7.